The van der Waals surface area contributed by atoms with Crippen LogP contribution in [0.2, 0.25) is 0 Å². The number of anilines is 1. The van der Waals surface area contributed by atoms with Crippen LogP contribution in [0.15, 0.2) is 73.1 Å². The Kier molecular flexibility index (Phi) is 5.74. The summed E-state index contributed by atoms with van der Waals surface area (Å²) in [6.07, 6.45) is 4.37. The van der Waals surface area contributed by atoms with Gasteiger partial charge >= 0.3 is 0 Å². The zero-order chi connectivity index (χ0) is 18.4. The molecular formula is C22H24N2O2. The maximum absolute atomic E-state index is 12.7. The van der Waals surface area contributed by atoms with Gasteiger partial charge in [0, 0.05) is 18.1 Å². The lowest BCUT2D eigenvalue weighted by Gasteiger charge is -2.21. The molecule has 3 rings (SSSR count). The molecule has 0 aliphatic carbocycles. The molecule has 0 bridgehead atoms. The quantitative estimate of drug-likeness (QED) is 0.665. The predicted octanol–water partition coefficient (Wildman–Crippen LogP) is 4.81. The highest BCUT2D eigenvalue weighted by molar-refractivity contribution is 5.91. The number of amides is 1. The first-order chi connectivity index (χ1) is 12.7. The normalized spacial score (nSPS) is 11.8. The van der Waals surface area contributed by atoms with Gasteiger partial charge in [0.25, 0.3) is 0 Å². The highest BCUT2D eigenvalue weighted by Gasteiger charge is 2.19. The Labute approximate surface area is 154 Å². The van der Waals surface area contributed by atoms with Crippen LogP contribution < -0.4 is 10.1 Å². The van der Waals surface area contributed by atoms with Crippen LogP contribution in [0.25, 0.3) is 0 Å². The molecule has 0 aliphatic rings. The largest absolute Gasteiger partial charge is 0.494 e. The van der Waals surface area contributed by atoms with Gasteiger partial charge in [-0.05, 0) is 61.4 Å². The maximum atomic E-state index is 12.7. The summed E-state index contributed by atoms with van der Waals surface area (Å²) >= 11 is 0. The van der Waals surface area contributed by atoms with Crippen LogP contribution in [-0.2, 0) is 4.79 Å². The van der Waals surface area contributed by atoms with Gasteiger partial charge in [0.05, 0.1) is 19.1 Å². The minimum Gasteiger partial charge on any atom is -0.494 e. The van der Waals surface area contributed by atoms with Gasteiger partial charge in [-0.25, -0.2) is 0 Å². The molecule has 1 atom stereocenters. The zero-order valence-corrected chi connectivity index (χ0v) is 15.2. The Morgan fingerprint density at radius 3 is 2.38 bits per heavy atom. The van der Waals surface area contributed by atoms with Crippen molar-refractivity contribution in [1.29, 1.82) is 0 Å². The van der Waals surface area contributed by atoms with Crippen LogP contribution in [0.3, 0.4) is 0 Å². The van der Waals surface area contributed by atoms with Gasteiger partial charge in [-0.15, -0.1) is 0 Å². The molecule has 0 radical (unpaired) electrons. The number of aromatic nitrogens is 1. The van der Waals surface area contributed by atoms with E-state index in [1.165, 1.54) is 5.56 Å². The number of carbonyl (C=O) groups excluding carboxylic acids is 1. The van der Waals surface area contributed by atoms with Crippen molar-refractivity contribution in [2.45, 2.75) is 26.3 Å². The first-order valence-electron chi connectivity index (χ1n) is 8.88. The van der Waals surface area contributed by atoms with E-state index in [1.54, 1.807) is 0 Å². The lowest BCUT2D eigenvalue weighted by atomic mass is 9.98. The number of rotatable bonds is 7. The van der Waals surface area contributed by atoms with Crippen molar-refractivity contribution in [2.24, 2.45) is 0 Å². The van der Waals surface area contributed by atoms with Crippen molar-refractivity contribution in [3.63, 3.8) is 0 Å². The second-order valence-corrected chi connectivity index (χ2v) is 6.21. The molecule has 0 saturated heterocycles. The summed E-state index contributed by atoms with van der Waals surface area (Å²) in [5.74, 6) is 0.784. The number of ether oxygens (including phenoxy) is 1. The van der Waals surface area contributed by atoms with E-state index in [2.05, 4.69) is 28.9 Å². The van der Waals surface area contributed by atoms with Gasteiger partial charge < -0.3 is 14.6 Å². The molecule has 1 N–H and O–H groups in total. The molecular weight excluding hydrogens is 324 g/mol. The zero-order valence-electron chi connectivity index (χ0n) is 15.2. The molecule has 0 saturated carbocycles. The first-order valence-corrected chi connectivity index (χ1v) is 8.88. The second-order valence-electron chi connectivity index (χ2n) is 6.21. The van der Waals surface area contributed by atoms with Crippen LogP contribution in [0.5, 0.6) is 5.75 Å². The maximum Gasteiger partial charge on any atom is 0.226 e. The smallest absolute Gasteiger partial charge is 0.226 e. The summed E-state index contributed by atoms with van der Waals surface area (Å²) in [4.78, 5) is 12.7. The summed E-state index contributed by atoms with van der Waals surface area (Å²) in [6, 6.07) is 19.6. The van der Waals surface area contributed by atoms with Gasteiger partial charge in [0.1, 0.15) is 5.75 Å². The van der Waals surface area contributed by atoms with Crippen molar-refractivity contribution >= 4 is 11.6 Å². The van der Waals surface area contributed by atoms with E-state index in [-0.39, 0.29) is 11.9 Å². The standard InChI is InChI=1S/C22H24N2O2/c1-3-26-19-12-10-18(11-13-19)23-22(25)16-21(24-14-6-7-15-24)20-9-5-4-8-17(20)2/h4-15,21H,3,16H2,1-2H3,(H,23,25)/t21-/m1/s1. The van der Waals surface area contributed by atoms with Gasteiger partial charge in [-0.1, -0.05) is 24.3 Å². The fourth-order valence-corrected chi connectivity index (χ4v) is 3.08. The number of carbonyl (C=O) groups is 1. The molecule has 0 fully saturated rings. The van der Waals surface area contributed by atoms with Gasteiger partial charge in [0.15, 0.2) is 0 Å². The van der Waals surface area contributed by atoms with Crippen LogP contribution in [-0.4, -0.2) is 17.1 Å². The lowest BCUT2D eigenvalue weighted by molar-refractivity contribution is -0.116. The SMILES string of the molecule is CCOc1ccc(NC(=O)C[C@H](c2ccccc2C)n2cccc2)cc1. The molecule has 0 unspecified atom stereocenters. The predicted molar refractivity (Wildman–Crippen MR) is 105 cm³/mol. The Balaban J connectivity index is 1.74. The molecule has 0 aliphatic heterocycles. The van der Waals surface area contributed by atoms with Gasteiger partial charge in [-0.2, -0.15) is 0 Å². The minimum atomic E-state index is -0.0334. The second kappa shape index (κ2) is 8.39. The molecule has 2 aromatic carbocycles. The summed E-state index contributed by atoms with van der Waals surface area (Å²) in [5.41, 5.74) is 3.11. The van der Waals surface area contributed by atoms with E-state index in [0.717, 1.165) is 17.0 Å². The van der Waals surface area contributed by atoms with Crippen LogP contribution >= 0.6 is 0 Å². The summed E-state index contributed by atoms with van der Waals surface area (Å²) in [7, 11) is 0. The van der Waals surface area contributed by atoms with E-state index in [1.807, 2.05) is 67.8 Å². The number of hydrogen-bond donors (Lipinski definition) is 1. The molecule has 4 nitrogen and oxygen atoms in total. The monoisotopic (exact) mass is 348 g/mol. The van der Waals surface area contributed by atoms with Crippen molar-refractivity contribution in [3.05, 3.63) is 84.2 Å². The van der Waals surface area contributed by atoms with Crippen molar-refractivity contribution in [1.82, 2.24) is 4.57 Å². The lowest BCUT2D eigenvalue weighted by Crippen LogP contribution is -2.20. The van der Waals surface area contributed by atoms with Crippen molar-refractivity contribution in [3.8, 4) is 5.75 Å². The van der Waals surface area contributed by atoms with Crippen molar-refractivity contribution < 1.29 is 9.53 Å². The number of aryl methyl sites for hydroxylation is 1. The molecule has 26 heavy (non-hydrogen) atoms. The van der Waals surface area contributed by atoms with E-state index in [4.69, 9.17) is 4.74 Å². The summed E-state index contributed by atoms with van der Waals surface area (Å²) < 4.78 is 7.52. The van der Waals surface area contributed by atoms with Crippen molar-refractivity contribution in [2.75, 3.05) is 11.9 Å². The number of nitrogens with one attached hydrogen (secondary N) is 1. The highest BCUT2D eigenvalue weighted by Crippen LogP contribution is 2.26. The van der Waals surface area contributed by atoms with Crippen LogP contribution in [0.1, 0.15) is 30.5 Å². The first kappa shape index (κ1) is 17.8. The number of nitrogens with zero attached hydrogens (tertiary/aromatic N) is 1. The molecule has 4 heteroatoms. The molecule has 1 amide bonds. The Hall–Kier alpha value is -3.01. The molecule has 3 aromatic rings. The van der Waals surface area contributed by atoms with Crippen LogP contribution in [0, 0.1) is 6.92 Å². The number of benzene rings is 2. The third-order valence-corrected chi connectivity index (χ3v) is 4.36. The fraction of sp³-hybridized carbons (Fsp3) is 0.227. The fourth-order valence-electron chi connectivity index (χ4n) is 3.08. The van der Waals surface area contributed by atoms with Gasteiger partial charge in [-0.3, -0.25) is 4.79 Å². The van der Waals surface area contributed by atoms with E-state index in [0.29, 0.717) is 13.0 Å². The highest BCUT2D eigenvalue weighted by atomic mass is 16.5. The number of hydrogen-bond acceptors (Lipinski definition) is 2. The Morgan fingerprint density at radius 2 is 1.73 bits per heavy atom. The van der Waals surface area contributed by atoms with E-state index >= 15 is 0 Å². The average Bonchev–Trinajstić information content (AvgIpc) is 3.17. The third kappa shape index (κ3) is 4.33. The summed E-state index contributed by atoms with van der Waals surface area (Å²) in [6.45, 7) is 4.65. The van der Waals surface area contributed by atoms with E-state index in [9.17, 15) is 4.79 Å². The Bertz CT molecular complexity index is 839. The molecule has 134 valence electrons. The average molecular weight is 348 g/mol. The third-order valence-electron chi connectivity index (χ3n) is 4.36. The molecule has 0 spiro atoms. The van der Waals surface area contributed by atoms with Crippen LogP contribution in [0.4, 0.5) is 5.69 Å². The molecule has 1 aromatic heterocycles. The minimum absolute atomic E-state index is 0.0175. The van der Waals surface area contributed by atoms with E-state index < -0.39 is 0 Å². The summed E-state index contributed by atoms with van der Waals surface area (Å²) in [5, 5.41) is 2.99. The molecule has 1 heterocycles. The Morgan fingerprint density at radius 1 is 1.04 bits per heavy atom. The van der Waals surface area contributed by atoms with Gasteiger partial charge in [0.2, 0.25) is 5.91 Å². The topological polar surface area (TPSA) is 43.3 Å².